The highest BCUT2D eigenvalue weighted by Gasteiger charge is 2.50. The van der Waals surface area contributed by atoms with Crippen LogP contribution in [0.4, 0.5) is 4.79 Å². The molecule has 0 radical (unpaired) electrons. The maximum Gasteiger partial charge on any atom is 0.411 e. The monoisotopic (exact) mass is 373 g/mol. The van der Waals surface area contributed by atoms with Gasteiger partial charge in [0.2, 0.25) is 0 Å². The number of likely N-dealkylation sites (tertiary alicyclic amines) is 1. The Morgan fingerprint density at radius 2 is 1.89 bits per heavy atom. The van der Waals surface area contributed by atoms with Crippen molar-refractivity contribution in [3.63, 3.8) is 0 Å². The maximum atomic E-state index is 12.9. The van der Waals surface area contributed by atoms with E-state index in [1.165, 1.54) is 18.2 Å². The molecule has 1 amide bonds. The van der Waals surface area contributed by atoms with Gasteiger partial charge in [0.15, 0.2) is 0 Å². The lowest BCUT2D eigenvalue weighted by Crippen LogP contribution is -2.49. The SMILES string of the molecule is COC(=O)[C@@H]1C[C@@H]2CC[C@H](c3cccc(C)c3)C[C@@H]2N1C(=O)OC(C)(C)C. The van der Waals surface area contributed by atoms with Gasteiger partial charge >= 0.3 is 12.1 Å². The number of carbonyl (C=O) groups is 2. The molecule has 0 N–H and O–H groups in total. The second kappa shape index (κ2) is 7.53. The van der Waals surface area contributed by atoms with Gasteiger partial charge in [-0.25, -0.2) is 9.59 Å². The summed E-state index contributed by atoms with van der Waals surface area (Å²) >= 11 is 0. The quantitative estimate of drug-likeness (QED) is 0.720. The molecule has 1 saturated carbocycles. The Morgan fingerprint density at radius 1 is 1.15 bits per heavy atom. The molecule has 0 aromatic heterocycles. The first kappa shape index (κ1) is 19.7. The number of nitrogens with zero attached hydrogens (tertiary/aromatic N) is 1. The van der Waals surface area contributed by atoms with Crippen LogP contribution in [0, 0.1) is 12.8 Å². The van der Waals surface area contributed by atoms with Crippen molar-refractivity contribution in [2.24, 2.45) is 5.92 Å². The van der Waals surface area contributed by atoms with Crippen LogP contribution in [0.15, 0.2) is 24.3 Å². The van der Waals surface area contributed by atoms with E-state index < -0.39 is 17.7 Å². The molecule has 0 bridgehead atoms. The number of carbonyl (C=O) groups excluding carboxylic acids is 2. The summed E-state index contributed by atoms with van der Waals surface area (Å²) in [4.78, 5) is 27.0. The molecule has 3 rings (SSSR count). The van der Waals surface area contributed by atoms with Gasteiger partial charge in [0, 0.05) is 6.04 Å². The van der Waals surface area contributed by atoms with Gasteiger partial charge in [-0.15, -0.1) is 0 Å². The zero-order valence-corrected chi connectivity index (χ0v) is 17.0. The van der Waals surface area contributed by atoms with Gasteiger partial charge in [-0.1, -0.05) is 29.8 Å². The van der Waals surface area contributed by atoms with E-state index in [4.69, 9.17) is 9.47 Å². The number of amides is 1. The molecule has 1 aliphatic carbocycles. The minimum Gasteiger partial charge on any atom is -0.467 e. The first-order valence-corrected chi connectivity index (χ1v) is 9.85. The Bertz CT molecular complexity index is 709. The summed E-state index contributed by atoms with van der Waals surface area (Å²) in [5.41, 5.74) is 1.97. The van der Waals surface area contributed by atoms with E-state index in [0.717, 1.165) is 19.3 Å². The summed E-state index contributed by atoms with van der Waals surface area (Å²) in [6, 6.07) is 8.07. The number of benzene rings is 1. The smallest absolute Gasteiger partial charge is 0.411 e. The number of hydrogen-bond acceptors (Lipinski definition) is 4. The molecule has 0 spiro atoms. The van der Waals surface area contributed by atoms with Crippen LogP contribution in [0.1, 0.15) is 63.5 Å². The largest absolute Gasteiger partial charge is 0.467 e. The number of fused-ring (bicyclic) bond motifs is 1. The molecule has 0 unspecified atom stereocenters. The number of rotatable bonds is 2. The molecule has 1 heterocycles. The van der Waals surface area contributed by atoms with Gasteiger partial charge in [-0.2, -0.15) is 0 Å². The van der Waals surface area contributed by atoms with Crippen molar-refractivity contribution in [1.29, 1.82) is 0 Å². The molecule has 5 nitrogen and oxygen atoms in total. The van der Waals surface area contributed by atoms with Crippen molar-refractivity contribution in [3.05, 3.63) is 35.4 Å². The summed E-state index contributed by atoms with van der Waals surface area (Å²) in [5.74, 6) is 0.373. The second-order valence-corrected chi connectivity index (χ2v) is 8.91. The van der Waals surface area contributed by atoms with Crippen LogP contribution in [0.2, 0.25) is 0 Å². The van der Waals surface area contributed by atoms with Gasteiger partial charge in [-0.05, 0) is 70.8 Å². The molecule has 1 aliphatic heterocycles. The number of aryl methyl sites for hydroxylation is 1. The van der Waals surface area contributed by atoms with E-state index in [2.05, 4.69) is 31.2 Å². The maximum absolute atomic E-state index is 12.9. The van der Waals surface area contributed by atoms with Crippen LogP contribution in [0.25, 0.3) is 0 Å². The van der Waals surface area contributed by atoms with Gasteiger partial charge < -0.3 is 9.47 Å². The third kappa shape index (κ3) is 4.28. The van der Waals surface area contributed by atoms with Crippen molar-refractivity contribution < 1.29 is 19.1 Å². The Labute approximate surface area is 162 Å². The number of ether oxygens (including phenoxy) is 2. The lowest BCUT2D eigenvalue weighted by Gasteiger charge is -2.37. The summed E-state index contributed by atoms with van der Waals surface area (Å²) in [7, 11) is 1.38. The molecule has 2 fully saturated rings. The zero-order valence-electron chi connectivity index (χ0n) is 17.0. The van der Waals surface area contributed by atoms with E-state index in [0.29, 0.717) is 18.3 Å². The molecular formula is C22H31NO4. The molecular weight excluding hydrogens is 342 g/mol. The van der Waals surface area contributed by atoms with Crippen LogP contribution >= 0.6 is 0 Å². The van der Waals surface area contributed by atoms with Crippen molar-refractivity contribution in [1.82, 2.24) is 4.90 Å². The number of esters is 1. The highest BCUT2D eigenvalue weighted by atomic mass is 16.6. The van der Waals surface area contributed by atoms with Crippen molar-refractivity contribution >= 4 is 12.1 Å². The zero-order chi connectivity index (χ0) is 19.8. The standard InChI is InChI=1S/C22H31NO4/c1-14-7-6-8-15(11-14)16-9-10-17-13-19(20(24)26-5)23(18(17)12-16)21(25)27-22(2,3)4/h6-8,11,16-19H,9-10,12-13H2,1-5H3/t16-,17-,18-,19-/m0/s1. The molecule has 4 atom stereocenters. The van der Waals surface area contributed by atoms with Gasteiger partial charge in [0.05, 0.1) is 7.11 Å². The normalized spacial score (nSPS) is 27.8. The van der Waals surface area contributed by atoms with Gasteiger partial charge in [0.25, 0.3) is 0 Å². The average molecular weight is 373 g/mol. The van der Waals surface area contributed by atoms with Gasteiger partial charge in [-0.3, -0.25) is 4.90 Å². The topological polar surface area (TPSA) is 55.8 Å². The fourth-order valence-electron chi connectivity index (χ4n) is 4.61. The van der Waals surface area contributed by atoms with E-state index in [-0.39, 0.29) is 12.0 Å². The first-order chi connectivity index (χ1) is 12.7. The van der Waals surface area contributed by atoms with Crippen molar-refractivity contribution in [3.8, 4) is 0 Å². The van der Waals surface area contributed by atoms with Gasteiger partial charge in [0.1, 0.15) is 11.6 Å². The minimum atomic E-state index is -0.597. The lowest BCUT2D eigenvalue weighted by atomic mass is 9.75. The Kier molecular flexibility index (Phi) is 5.50. The molecule has 1 saturated heterocycles. The Balaban J connectivity index is 1.85. The second-order valence-electron chi connectivity index (χ2n) is 8.91. The third-order valence-corrected chi connectivity index (χ3v) is 5.77. The van der Waals surface area contributed by atoms with Crippen LogP contribution in [0.3, 0.4) is 0 Å². The van der Waals surface area contributed by atoms with Crippen LogP contribution in [-0.4, -0.2) is 41.8 Å². The summed E-state index contributed by atoms with van der Waals surface area (Å²) in [6.45, 7) is 7.65. The van der Waals surface area contributed by atoms with Crippen molar-refractivity contribution in [2.75, 3.05) is 7.11 Å². The van der Waals surface area contributed by atoms with Crippen LogP contribution in [-0.2, 0) is 14.3 Å². The van der Waals surface area contributed by atoms with E-state index >= 15 is 0 Å². The fourth-order valence-corrected chi connectivity index (χ4v) is 4.61. The summed E-state index contributed by atoms with van der Waals surface area (Å²) < 4.78 is 10.6. The molecule has 1 aromatic carbocycles. The molecule has 5 heteroatoms. The molecule has 27 heavy (non-hydrogen) atoms. The highest BCUT2D eigenvalue weighted by molar-refractivity contribution is 5.82. The predicted molar refractivity (Wildman–Crippen MR) is 104 cm³/mol. The number of methoxy groups -OCH3 is 1. The molecule has 2 aliphatic rings. The summed E-state index contributed by atoms with van der Waals surface area (Å²) in [5, 5.41) is 0. The van der Waals surface area contributed by atoms with Crippen LogP contribution < -0.4 is 0 Å². The summed E-state index contributed by atoms with van der Waals surface area (Å²) in [6.07, 6.45) is 3.21. The molecule has 148 valence electrons. The predicted octanol–water partition coefficient (Wildman–Crippen LogP) is 4.43. The Hall–Kier alpha value is -2.04. The van der Waals surface area contributed by atoms with Crippen molar-refractivity contribution in [2.45, 2.75) is 77.0 Å². The van der Waals surface area contributed by atoms with Crippen LogP contribution in [0.5, 0.6) is 0 Å². The average Bonchev–Trinajstić information content (AvgIpc) is 2.98. The first-order valence-electron chi connectivity index (χ1n) is 9.85. The third-order valence-electron chi connectivity index (χ3n) is 5.77. The fraction of sp³-hybridized carbons (Fsp3) is 0.636. The molecule has 1 aromatic rings. The van der Waals surface area contributed by atoms with E-state index in [1.54, 1.807) is 4.90 Å². The lowest BCUT2D eigenvalue weighted by molar-refractivity contribution is -0.146. The van der Waals surface area contributed by atoms with E-state index in [9.17, 15) is 9.59 Å². The minimum absolute atomic E-state index is 0.0169. The Morgan fingerprint density at radius 3 is 2.52 bits per heavy atom. The van der Waals surface area contributed by atoms with E-state index in [1.807, 2.05) is 20.8 Å². The number of hydrogen-bond donors (Lipinski definition) is 0. The highest BCUT2D eigenvalue weighted by Crippen LogP contribution is 2.46.